The number of imide groups is 1. The van der Waals surface area contributed by atoms with Crippen molar-refractivity contribution in [2.45, 2.75) is 135 Å². The molecule has 278 valence electrons. The summed E-state index contributed by atoms with van der Waals surface area (Å²) in [6, 6.07) is 19.8. The molecule has 0 aliphatic carbocycles. The second kappa shape index (κ2) is 18.2. The molecule has 0 N–H and O–H groups in total. The van der Waals surface area contributed by atoms with Gasteiger partial charge in [0.2, 0.25) is 5.91 Å². The van der Waals surface area contributed by atoms with Gasteiger partial charge in [0, 0.05) is 24.7 Å². The van der Waals surface area contributed by atoms with Gasteiger partial charge in [-0.1, -0.05) is 108 Å². The van der Waals surface area contributed by atoms with Crippen molar-refractivity contribution in [2.75, 3.05) is 13.2 Å². The third-order valence-corrected chi connectivity index (χ3v) is 19.5. The Morgan fingerprint density at radius 3 is 1.88 bits per heavy atom. The molecule has 0 saturated carbocycles. The molecule has 2 aromatic rings. The third-order valence-electron chi connectivity index (χ3n) is 10.5. The average Bonchev–Trinajstić information content (AvgIpc) is 3.40. The van der Waals surface area contributed by atoms with Gasteiger partial charge in [-0.15, -0.1) is 6.58 Å². The Hall–Kier alpha value is -2.61. The standard InChI is InChI=1S/C40H63NO7Si2/c1-12-19-34(47-49(8,9)39(2,3)4)26-33(37(42)41-36(30-46-38(41)43)45-29-32-22-17-14-18-23-32)27-35(48-50(10,11)40(5,6)7)24-25-44-28-31-20-15-13-16-21-31/h12-18,20-23,33-36H,1,19,24-30H2,2-11H3/t33-,34-,35+,36-/m0/s1. The van der Waals surface area contributed by atoms with Crippen LogP contribution in [-0.4, -0.2) is 65.2 Å². The highest BCUT2D eigenvalue weighted by atomic mass is 28.4. The third kappa shape index (κ3) is 12.3. The Bertz CT molecular complexity index is 1360. The average molecular weight is 726 g/mol. The summed E-state index contributed by atoms with van der Waals surface area (Å²) in [7, 11) is -4.47. The first kappa shape index (κ1) is 41.8. The Morgan fingerprint density at radius 1 is 0.860 bits per heavy atom. The Kier molecular flexibility index (Phi) is 15.3. The minimum atomic E-state index is -2.26. The lowest BCUT2D eigenvalue weighted by molar-refractivity contribution is -0.144. The highest BCUT2D eigenvalue weighted by molar-refractivity contribution is 6.74. The van der Waals surface area contributed by atoms with Gasteiger partial charge in [0.25, 0.3) is 0 Å². The minimum Gasteiger partial charge on any atom is -0.444 e. The Labute approximate surface area is 304 Å². The molecule has 0 bridgehead atoms. The predicted molar refractivity (Wildman–Crippen MR) is 206 cm³/mol. The summed E-state index contributed by atoms with van der Waals surface area (Å²) in [5.74, 6) is -0.922. The maximum absolute atomic E-state index is 14.7. The van der Waals surface area contributed by atoms with Crippen LogP contribution < -0.4 is 0 Å². The van der Waals surface area contributed by atoms with Crippen LogP contribution in [0.1, 0.15) is 78.4 Å². The molecule has 8 nitrogen and oxygen atoms in total. The minimum absolute atomic E-state index is 0.0160. The Balaban J connectivity index is 1.93. The van der Waals surface area contributed by atoms with Crippen LogP contribution in [0.3, 0.4) is 0 Å². The number of carbonyl (C=O) groups excluding carboxylic acids is 2. The molecule has 1 fully saturated rings. The summed E-state index contributed by atoms with van der Waals surface area (Å²) in [5, 5.41) is -0.0628. The zero-order valence-corrected chi connectivity index (χ0v) is 34.3. The highest BCUT2D eigenvalue weighted by Crippen LogP contribution is 2.41. The summed E-state index contributed by atoms with van der Waals surface area (Å²) in [4.78, 5) is 29.1. The largest absolute Gasteiger partial charge is 0.444 e. The van der Waals surface area contributed by atoms with Crippen LogP contribution in [0.15, 0.2) is 73.3 Å². The van der Waals surface area contributed by atoms with E-state index in [4.69, 9.17) is 23.1 Å². The maximum Gasteiger partial charge on any atom is 0.418 e. The van der Waals surface area contributed by atoms with Gasteiger partial charge in [0.1, 0.15) is 6.61 Å². The number of ether oxygens (including phenoxy) is 3. The number of hydrogen-bond donors (Lipinski definition) is 0. The lowest BCUT2D eigenvalue weighted by atomic mass is 9.91. The van der Waals surface area contributed by atoms with E-state index < -0.39 is 34.9 Å². The number of benzene rings is 2. The fraction of sp³-hybridized carbons (Fsp3) is 0.600. The van der Waals surface area contributed by atoms with Crippen molar-refractivity contribution in [3.05, 3.63) is 84.4 Å². The summed E-state index contributed by atoms with van der Waals surface area (Å²) >= 11 is 0. The molecule has 0 radical (unpaired) electrons. The summed E-state index contributed by atoms with van der Waals surface area (Å²) in [6.45, 7) is 27.4. The molecule has 0 aromatic heterocycles. The van der Waals surface area contributed by atoms with Gasteiger partial charge in [-0.25, -0.2) is 9.69 Å². The van der Waals surface area contributed by atoms with Crippen LogP contribution in [0.2, 0.25) is 36.3 Å². The predicted octanol–water partition coefficient (Wildman–Crippen LogP) is 9.87. The van der Waals surface area contributed by atoms with Gasteiger partial charge in [-0.05, 0) is 73.1 Å². The molecule has 1 saturated heterocycles. The van der Waals surface area contributed by atoms with E-state index in [2.05, 4.69) is 74.3 Å². The van der Waals surface area contributed by atoms with Gasteiger partial charge in [0.05, 0.1) is 13.2 Å². The zero-order chi connectivity index (χ0) is 37.2. The Morgan fingerprint density at radius 2 is 1.36 bits per heavy atom. The summed E-state index contributed by atoms with van der Waals surface area (Å²) < 4.78 is 31.7. The molecule has 3 rings (SSSR count). The second-order valence-electron chi connectivity index (χ2n) is 16.6. The molecule has 1 heterocycles. The van der Waals surface area contributed by atoms with Crippen LogP contribution in [0, 0.1) is 5.92 Å². The van der Waals surface area contributed by atoms with E-state index in [0.717, 1.165) is 11.1 Å². The molecule has 0 spiro atoms. The van der Waals surface area contributed by atoms with Crippen molar-refractivity contribution in [3.63, 3.8) is 0 Å². The van der Waals surface area contributed by atoms with E-state index in [1.54, 1.807) is 0 Å². The van der Waals surface area contributed by atoms with E-state index in [-0.39, 0.29) is 41.4 Å². The molecule has 0 unspecified atom stereocenters. The monoisotopic (exact) mass is 725 g/mol. The van der Waals surface area contributed by atoms with E-state index >= 15 is 0 Å². The molecule has 50 heavy (non-hydrogen) atoms. The lowest BCUT2D eigenvalue weighted by Gasteiger charge is -2.41. The maximum atomic E-state index is 14.7. The first-order chi connectivity index (χ1) is 23.3. The van der Waals surface area contributed by atoms with Crippen LogP contribution in [0.25, 0.3) is 0 Å². The van der Waals surface area contributed by atoms with Crippen LogP contribution >= 0.6 is 0 Å². The molecule has 1 aliphatic heterocycles. The molecule has 1 aliphatic rings. The fourth-order valence-electron chi connectivity index (χ4n) is 5.42. The molecule has 4 atom stereocenters. The highest BCUT2D eigenvalue weighted by Gasteiger charge is 2.46. The molecule has 2 aromatic carbocycles. The number of rotatable bonds is 19. The van der Waals surface area contributed by atoms with Crippen molar-refractivity contribution in [3.8, 4) is 0 Å². The van der Waals surface area contributed by atoms with Crippen molar-refractivity contribution in [1.82, 2.24) is 4.90 Å². The van der Waals surface area contributed by atoms with Crippen molar-refractivity contribution >= 4 is 28.6 Å². The van der Waals surface area contributed by atoms with Crippen LogP contribution in [-0.2, 0) is 41.1 Å². The van der Waals surface area contributed by atoms with Crippen molar-refractivity contribution < 1.29 is 32.7 Å². The number of nitrogens with zero attached hydrogens (tertiary/aromatic N) is 1. The van der Waals surface area contributed by atoms with Crippen LogP contribution in [0.4, 0.5) is 4.79 Å². The van der Waals surface area contributed by atoms with Crippen molar-refractivity contribution in [1.29, 1.82) is 0 Å². The smallest absolute Gasteiger partial charge is 0.418 e. The van der Waals surface area contributed by atoms with E-state index in [1.165, 1.54) is 4.90 Å². The SMILES string of the molecule is C=CC[C@@H](C[C@@H](C[C@@H](CCOCc1ccccc1)O[Si](C)(C)C(C)(C)C)C(=O)N1C(=O)OC[C@@H]1OCc1ccccc1)O[Si](C)(C)C(C)(C)C. The van der Waals surface area contributed by atoms with Crippen LogP contribution in [0.5, 0.6) is 0 Å². The molecule has 2 amide bonds. The molecule has 10 heteroatoms. The molecular weight excluding hydrogens is 663 g/mol. The van der Waals surface area contributed by atoms with E-state index in [0.29, 0.717) is 38.9 Å². The van der Waals surface area contributed by atoms with E-state index in [1.807, 2.05) is 66.7 Å². The number of amides is 2. The first-order valence-electron chi connectivity index (χ1n) is 18.1. The summed E-state index contributed by atoms with van der Waals surface area (Å²) in [5.41, 5.74) is 2.05. The topological polar surface area (TPSA) is 83.5 Å². The van der Waals surface area contributed by atoms with Gasteiger partial charge in [-0.3, -0.25) is 4.79 Å². The van der Waals surface area contributed by atoms with Crippen molar-refractivity contribution in [2.24, 2.45) is 5.92 Å². The first-order valence-corrected chi connectivity index (χ1v) is 23.9. The van der Waals surface area contributed by atoms with Gasteiger partial charge in [-0.2, -0.15) is 0 Å². The zero-order valence-electron chi connectivity index (χ0n) is 32.3. The fourth-order valence-corrected chi connectivity index (χ4v) is 8.20. The lowest BCUT2D eigenvalue weighted by Crippen LogP contribution is -2.49. The normalized spacial score (nSPS) is 17.7. The number of hydrogen-bond acceptors (Lipinski definition) is 7. The van der Waals surface area contributed by atoms with Gasteiger partial charge < -0.3 is 23.1 Å². The quantitative estimate of drug-likeness (QED) is 0.0810. The second-order valence-corrected chi connectivity index (χ2v) is 26.1. The van der Waals surface area contributed by atoms with E-state index in [9.17, 15) is 9.59 Å². The van der Waals surface area contributed by atoms with Gasteiger partial charge in [0.15, 0.2) is 22.9 Å². The number of carbonyl (C=O) groups is 2. The summed E-state index contributed by atoms with van der Waals surface area (Å²) in [6.07, 6.45) is 1.82. The van der Waals surface area contributed by atoms with Gasteiger partial charge >= 0.3 is 6.09 Å². The number of cyclic esters (lactones) is 1. The molecular formula is C40H63NO7Si2.